The summed E-state index contributed by atoms with van der Waals surface area (Å²) in [5.74, 6) is -0.0696. The molecule has 2 atom stereocenters. The summed E-state index contributed by atoms with van der Waals surface area (Å²) in [5.41, 5.74) is -0.403. The van der Waals surface area contributed by atoms with Crippen molar-refractivity contribution in [1.29, 1.82) is 0 Å². The normalized spacial score (nSPS) is 30.2. The van der Waals surface area contributed by atoms with E-state index in [1.807, 2.05) is 27.8 Å². The van der Waals surface area contributed by atoms with Gasteiger partial charge in [0.15, 0.2) is 0 Å². The van der Waals surface area contributed by atoms with Gasteiger partial charge in [-0.2, -0.15) is 0 Å². The summed E-state index contributed by atoms with van der Waals surface area (Å²) in [6, 6.07) is 0.425. The van der Waals surface area contributed by atoms with Crippen LogP contribution >= 0.6 is 0 Å². The number of nitrogens with zero attached hydrogens (tertiary/aromatic N) is 2. The topological polar surface area (TPSA) is 44.8 Å². The molecule has 2 rings (SSSR count). The molecule has 2 unspecified atom stereocenters. The third kappa shape index (κ3) is 4.17. The molecular formula is C15H29N3O2. The van der Waals surface area contributed by atoms with Crippen molar-refractivity contribution in [1.82, 2.24) is 15.1 Å². The van der Waals surface area contributed by atoms with Gasteiger partial charge in [0, 0.05) is 38.8 Å². The van der Waals surface area contributed by atoms with E-state index in [1.54, 1.807) is 0 Å². The van der Waals surface area contributed by atoms with E-state index in [2.05, 4.69) is 15.1 Å². The van der Waals surface area contributed by atoms with Gasteiger partial charge in [-0.05, 0) is 40.7 Å². The fourth-order valence-corrected chi connectivity index (χ4v) is 3.09. The highest BCUT2D eigenvalue weighted by molar-refractivity contribution is 5.76. The Morgan fingerprint density at radius 2 is 1.85 bits per heavy atom. The lowest BCUT2D eigenvalue weighted by molar-refractivity contribution is -0.163. The molecule has 20 heavy (non-hydrogen) atoms. The molecule has 0 amide bonds. The average Bonchev–Trinajstić information content (AvgIpc) is 2.38. The van der Waals surface area contributed by atoms with Crippen molar-refractivity contribution in [2.45, 2.75) is 51.3 Å². The van der Waals surface area contributed by atoms with Gasteiger partial charge in [-0.3, -0.25) is 14.6 Å². The minimum absolute atomic E-state index is 0.0696. The van der Waals surface area contributed by atoms with Crippen molar-refractivity contribution < 1.29 is 9.53 Å². The molecule has 2 fully saturated rings. The first kappa shape index (κ1) is 15.7. The number of esters is 1. The summed E-state index contributed by atoms with van der Waals surface area (Å²) < 4.78 is 5.57. The largest absolute Gasteiger partial charge is 0.459 e. The predicted octanol–water partition coefficient (Wildman–Crippen LogP) is 0.696. The van der Waals surface area contributed by atoms with E-state index >= 15 is 0 Å². The first-order valence-electron chi connectivity index (χ1n) is 7.75. The molecule has 2 heterocycles. The van der Waals surface area contributed by atoms with Crippen molar-refractivity contribution in [3.05, 3.63) is 0 Å². The van der Waals surface area contributed by atoms with E-state index in [1.165, 1.54) is 0 Å². The van der Waals surface area contributed by atoms with E-state index in [-0.39, 0.29) is 12.0 Å². The maximum absolute atomic E-state index is 12.4. The molecule has 116 valence electrons. The van der Waals surface area contributed by atoms with Crippen LogP contribution in [0.3, 0.4) is 0 Å². The van der Waals surface area contributed by atoms with Crippen molar-refractivity contribution in [3.8, 4) is 0 Å². The highest BCUT2D eigenvalue weighted by atomic mass is 16.6. The van der Waals surface area contributed by atoms with Crippen molar-refractivity contribution in [2.24, 2.45) is 0 Å². The van der Waals surface area contributed by atoms with Gasteiger partial charge < -0.3 is 10.1 Å². The van der Waals surface area contributed by atoms with Gasteiger partial charge in [0.1, 0.15) is 11.6 Å². The van der Waals surface area contributed by atoms with Crippen LogP contribution in [0.5, 0.6) is 0 Å². The Hall–Kier alpha value is -0.650. The van der Waals surface area contributed by atoms with Crippen LogP contribution < -0.4 is 5.32 Å². The molecule has 0 radical (unpaired) electrons. The minimum Gasteiger partial charge on any atom is -0.459 e. The number of likely N-dealkylation sites (N-methyl/N-ethyl adjacent to an activating group) is 1. The molecule has 2 saturated heterocycles. The molecule has 1 N–H and O–H groups in total. The molecule has 5 heteroatoms. The summed E-state index contributed by atoms with van der Waals surface area (Å²) >= 11 is 0. The van der Waals surface area contributed by atoms with Crippen LogP contribution in [0.1, 0.15) is 33.6 Å². The Labute approximate surface area is 122 Å². The number of nitrogens with one attached hydrogen (secondary N) is 1. The Morgan fingerprint density at radius 1 is 1.20 bits per heavy atom. The number of piperidine rings is 1. The average molecular weight is 283 g/mol. The number of likely N-dealkylation sites (tertiary alicyclic amines) is 1. The smallest absolute Gasteiger partial charge is 0.323 e. The van der Waals surface area contributed by atoms with Gasteiger partial charge in [-0.15, -0.1) is 0 Å². The standard InChI is InChI=1S/C15H29N3O2/c1-15(2,3)20-14(19)13-11-12(5-8-17(13)4)18-9-6-16-7-10-18/h12-13,16H,5-11H2,1-4H3. The van der Waals surface area contributed by atoms with Crippen LogP contribution in [-0.4, -0.2) is 73.2 Å². The SMILES string of the molecule is CN1CCC(N2CCNCC2)CC1C(=O)OC(C)(C)C. The third-order valence-corrected chi connectivity index (χ3v) is 4.19. The molecular weight excluding hydrogens is 254 g/mol. The van der Waals surface area contributed by atoms with Crippen molar-refractivity contribution in [2.75, 3.05) is 39.8 Å². The third-order valence-electron chi connectivity index (χ3n) is 4.19. The van der Waals surface area contributed by atoms with Crippen molar-refractivity contribution >= 4 is 5.97 Å². The minimum atomic E-state index is -0.403. The maximum atomic E-state index is 12.4. The fourth-order valence-electron chi connectivity index (χ4n) is 3.09. The number of rotatable bonds is 2. The van der Waals surface area contributed by atoms with Gasteiger partial charge in [-0.25, -0.2) is 0 Å². The highest BCUT2D eigenvalue weighted by Crippen LogP contribution is 2.23. The van der Waals surface area contributed by atoms with Gasteiger partial charge in [0.25, 0.3) is 0 Å². The summed E-state index contributed by atoms with van der Waals surface area (Å²) in [6.45, 7) is 11.1. The van der Waals surface area contributed by atoms with E-state index in [0.29, 0.717) is 6.04 Å². The number of hydrogen-bond acceptors (Lipinski definition) is 5. The van der Waals surface area contributed by atoms with Crippen LogP contribution in [-0.2, 0) is 9.53 Å². The first-order valence-corrected chi connectivity index (χ1v) is 7.75. The highest BCUT2D eigenvalue weighted by Gasteiger charge is 2.36. The predicted molar refractivity (Wildman–Crippen MR) is 79.7 cm³/mol. The first-order chi connectivity index (χ1) is 9.37. The second-order valence-corrected chi connectivity index (χ2v) is 6.99. The number of hydrogen-bond donors (Lipinski definition) is 1. The van der Waals surface area contributed by atoms with Crippen LogP contribution in [0.25, 0.3) is 0 Å². The quantitative estimate of drug-likeness (QED) is 0.756. The van der Waals surface area contributed by atoms with Crippen LogP contribution in [0.15, 0.2) is 0 Å². The summed E-state index contributed by atoms with van der Waals surface area (Å²) in [5, 5.41) is 3.38. The molecule has 2 aliphatic rings. The van der Waals surface area contributed by atoms with Gasteiger partial charge in [-0.1, -0.05) is 0 Å². The number of ether oxygens (including phenoxy) is 1. The zero-order valence-electron chi connectivity index (χ0n) is 13.3. The van der Waals surface area contributed by atoms with Crippen molar-refractivity contribution in [3.63, 3.8) is 0 Å². The maximum Gasteiger partial charge on any atom is 0.323 e. The summed E-state index contributed by atoms with van der Waals surface area (Å²) in [6.07, 6.45) is 2.04. The van der Waals surface area contributed by atoms with E-state index in [4.69, 9.17) is 4.74 Å². The zero-order valence-corrected chi connectivity index (χ0v) is 13.3. The molecule has 0 aromatic carbocycles. The lowest BCUT2D eigenvalue weighted by Crippen LogP contribution is -2.56. The lowest BCUT2D eigenvalue weighted by atomic mass is 9.95. The van der Waals surface area contributed by atoms with Crippen LogP contribution in [0, 0.1) is 0 Å². The molecule has 0 bridgehead atoms. The molecule has 0 aromatic rings. The number of carbonyl (C=O) groups is 1. The van der Waals surface area contributed by atoms with Crippen LogP contribution in [0.2, 0.25) is 0 Å². The second-order valence-electron chi connectivity index (χ2n) is 6.99. The van der Waals surface area contributed by atoms with Gasteiger partial charge in [0.2, 0.25) is 0 Å². The fraction of sp³-hybridized carbons (Fsp3) is 0.933. The summed E-state index contributed by atoms with van der Waals surface area (Å²) in [4.78, 5) is 17.0. The monoisotopic (exact) mass is 283 g/mol. The number of piperazine rings is 1. The Bertz CT molecular complexity index is 335. The molecule has 0 aliphatic carbocycles. The van der Waals surface area contributed by atoms with E-state index in [9.17, 15) is 4.79 Å². The van der Waals surface area contributed by atoms with E-state index in [0.717, 1.165) is 45.6 Å². The zero-order chi connectivity index (χ0) is 14.8. The molecule has 0 saturated carbocycles. The summed E-state index contributed by atoms with van der Waals surface area (Å²) in [7, 11) is 2.03. The van der Waals surface area contributed by atoms with E-state index < -0.39 is 5.60 Å². The lowest BCUT2D eigenvalue weighted by Gasteiger charge is -2.42. The molecule has 5 nitrogen and oxygen atoms in total. The Balaban J connectivity index is 1.95. The molecule has 2 aliphatic heterocycles. The molecule has 0 spiro atoms. The van der Waals surface area contributed by atoms with Gasteiger partial charge in [0.05, 0.1) is 0 Å². The van der Waals surface area contributed by atoms with Crippen LogP contribution in [0.4, 0.5) is 0 Å². The Kier molecular flexibility index (Phi) is 5.04. The number of carbonyl (C=O) groups excluding carboxylic acids is 1. The molecule has 0 aromatic heterocycles. The Morgan fingerprint density at radius 3 is 2.45 bits per heavy atom. The second kappa shape index (κ2) is 6.41. The van der Waals surface area contributed by atoms with Gasteiger partial charge >= 0.3 is 5.97 Å².